The molecule has 168 valence electrons. The minimum absolute atomic E-state index is 0.325. The molecule has 0 aliphatic carbocycles. The molecule has 0 spiro atoms. The number of aliphatic hydroxyl groups is 1. The van der Waals surface area contributed by atoms with E-state index in [9.17, 15) is 14.7 Å². The van der Waals surface area contributed by atoms with E-state index in [-0.39, 0.29) is 5.91 Å². The smallest absolute Gasteiger partial charge is 0.254 e. The SMILES string of the molecule is CCCC(NC(=O)C(O)c1ccccc1)C(=O)Nc1ncc(C(C)CCC=C(C)C)s1. The van der Waals surface area contributed by atoms with Crippen molar-refractivity contribution in [2.24, 2.45) is 0 Å². The van der Waals surface area contributed by atoms with Crippen LogP contribution in [0.1, 0.15) is 75.8 Å². The zero-order valence-corrected chi connectivity index (χ0v) is 19.5. The molecular weight excluding hydrogens is 410 g/mol. The lowest BCUT2D eigenvalue weighted by Gasteiger charge is -2.19. The Labute approximate surface area is 188 Å². The number of hydrogen-bond acceptors (Lipinski definition) is 5. The van der Waals surface area contributed by atoms with Crippen molar-refractivity contribution >= 4 is 28.3 Å². The number of hydrogen-bond donors (Lipinski definition) is 3. The molecule has 2 aromatic rings. The highest BCUT2D eigenvalue weighted by Crippen LogP contribution is 2.29. The number of amides is 2. The van der Waals surface area contributed by atoms with Crippen molar-refractivity contribution in [3.05, 3.63) is 58.6 Å². The van der Waals surface area contributed by atoms with Crippen LogP contribution in [-0.2, 0) is 9.59 Å². The average Bonchev–Trinajstić information content (AvgIpc) is 3.21. The van der Waals surface area contributed by atoms with Gasteiger partial charge in [0, 0.05) is 11.1 Å². The molecule has 0 aliphatic rings. The Morgan fingerprint density at radius 2 is 1.87 bits per heavy atom. The normalized spacial score (nSPS) is 13.7. The summed E-state index contributed by atoms with van der Waals surface area (Å²) in [5.41, 5.74) is 1.80. The second kappa shape index (κ2) is 12.4. The van der Waals surface area contributed by atoms with E-state index in [0.29, 0.717) is 29.5 Å². The zero-order valence-electron chi connectivity index (χ0n) is 18.7. The summed E-state index contributed by atoms with van der Waals surface area (Å²) in [6.45, 7) is 8.28. The molecule has 3 unspecified atom stereocenters. The molecule has 0 saturated heterocycles. The maximum absolute atomic E-state index is 12.8. The Kier molecular flexibility index (Phi) is 9.88. The lowest BCUT2D eigenvalue weighted by molar-refractivity contribution is -0.133. The summed E-state index contributed by atoms with van der Waals surface area (Å²) in [4.78, 5) is 30.7. The number of aliphatic hydroxyl groups excluding tert-OH is 1. The van der Waals surface area contributed by atoms with Gasteiger partial charge in [0.25, 0.3) is 5.91 Å². The third-order valence-corrected chi connectivity index (χ3v) is 6.11. The molecule has 0 saturated carbocycles. The second-order valence-corrected chi connectivity index (χ2v) is 9.04. The van der Waals surface area contributed by atoms with Crippen LogP contribution in [0.25, 0.3) is 0 Å². The monoisotopic (exact) mass is 443 g/mol. The third-order valence-electron chi connectivity index (χ3n) is 4.97. The molecule has 2 amide bonds. The van der Waals surface area contributed by atoms with Crippen LogP contribution >= 0.6 is 11.3 Å². The van der Waals surface area contributed by atoms with Gasteiger partial charge in [0.15, 0.2) is 11.2 Å². The Bertz CT molecular complexity index is 875. The van der Waals surface area contributed by atoms with Gasteiger partial charge in [0.05, 0.1) is 0 Å². The first-order valence-electron chi connectivity index (χ1n) is 10.7. The molecule has 0 radical (unpaired) electrons. The molecule has 0 fully saturated rings. The quantitative estimate of drug-likeness (QED) is 0.429. The highest BCUT2D eigenvalue weighted by molar-refractivity contribution is 7.15. The van der Waals surface area contributed by atoms with Crippen molar-refractivity contribution < 1.29 is 14.7 Å². The van der Waals surface area contributed by atoms with Crippen LogP contribution in [0.5, 0.6) is 0 Å². The van der Waals surface area contributed by atoms with Crippen molar-refractivity contribution in [3.8, 4) is 0 Å². The number of allylic oxidation sites excluding steroid dienone is 2. The number of carbonyl (C=O) groups is 2. The number of rotatable bonds is 11. The van der Waals surface area contributed by atoms with Crippen molar-refractivity contribution in [1.29, 1.82) is 0 Å². The summed E-state index contributed by atoms with van der Waals surface area (Å²) in [5.74, 6) is -0.563. The number of aromatic nitrogens is 1. The molecule has 1 aromatic heterocycles. The Balaban J connectivity index is 1.97. The standard InChI is InChI=1S/C24H33N3O3S/c1-5-10-19(26-23(30)21(28)18-13-7-6-8-14-18)22(29)27-24-25-15-20(31-24)17(4)12-9-11-16(2)3/h6-8,11,13-15,17,19,21,28H,5,9-10,12H2,1-4H3,(H,26,30)(H,25,27,29). The van der Waals surface area contributed by atoms with Crippen molar-refractivity contribution in [2.45, 2.75) is 71.4 Å². The van der Waals surface area contributed by atoms with Crippen molar-refractivity contribution in [2.75, 3.05) is 5.32 Å². The number of nitrogens with one attached hydrogen (secondary N) is 2. The van der Waals surface area contributed by atoms with Crippen LogP contribution in [0, 0.1) is 0 Å². The molecule has 1 aromatic carbocycles. The topological polar surface area (TPSA) is 91.3 Å². The van der Waals surface area contributed by atoms with Gasteiger partial charge in [-0.15, -0.1) is 11.3 Å². The maximum atomic E-state index is 12.8. The molecule has 0 bridgehead atoms. The summed E-state index contributed by atoms with van der Waals surface area (Å²) < 4.78 is 0. The first-order chi connectivity index (χ1) is 14.8. The fraction of sp³-hybridized carbons (Fsp3) is 0.458. The minimum Gasteiger partial charge on any atom is -0.378 e. The largest absolute Gasteiger partial charge is 0.378 e. The van der Waals surface area contributed by atoms with Crippen LogP contribution in [0.4, 0.5) is 5.13 Å². The first kappa shape index (κ1) is 24.8. The summed E-state index contributed by atoms with van der Waals surface area (Å²) in [7, 11) is 0. The van der Waals surface area contributed by atoms with Gasteiger partial charge in [-0.1, -0.05) is 62.2 Å². The lowest BCUT2D eigenvalue weighted by Crippen LogP contribution is -2.45. The summed E-state index contributed by atoms with van der Waals surface area (Å²) in [5, 5.41) is 16.3. The van der Waals surface area contributed by atoms with E-state index in [1.807, 2.05) is 13.0 Å². The highest BCUT2D eigenvalue weighted by Gasteiger charge is 2.25. The zero-order chi connectivity index (χ0) is 22.8. The van der Waals surface area contributed by atoms with Crippen LogP contribution < -0.4 is 10.6 Å². The molecule has 31 heavy (non-hydrogen) atoms. The number of anilines is 1. The summed E-state index contributed by atoms with van der Waals surface area (Å²) >= 11 is 1.46. The predicted molar refractivity (Wildman–Crippen MR) is 126 cm³/mol. The molecule has 7 heteroatoms. The van der Waals surface area contributed by atoms with Crippen molar-refractivity contribution in [3.63, 3.8) is 0 Å². The van der Waals surface area contributed by atoms with Gasteiger partial charge in [-0.2, -0.15) is 0 Å². The Morgan fingerprint density at radius 1 is 1.16 bits per heavy atom. The van der Waals surface area contributed by atoms with E-state index in [4.69, 9.17) is 0 Å². The van der Waals surface area contributed by atoms with Gasteiger partial charge >= 0.3 is 0 Å². The molecular formula is C24H33N3O3S. The van der Waals surface area contributed by atoms with Gasteiger partial charge in [-0.3, -0.25) is 9.59 Å². The summed E-state index contributed by atoms with van der Waals surface area (Å²) in [6.07, 6.45) is 5.92. The van der Waals surface area contributed by atoms with Crippen LogP contribution in [0.3, 0.4) is 0 Å². The van der Waals surface area contributed by atoms with E-state index in [2.05, 4.69) is 42.5 Å². The van der Waals surface area contributed by atoms with Gasteiger partial charge in [-0.05, 0) is 44.6 Å². The minimum atomic E-state index is -1.32. The molecule has 1 heterocycles. The summed E-state index contributed by atoms with van der Waals surface area (Å²) in [6, 6.07) is 7.93. The van der Waals surface area contributed by atoms with Gasteiger partial charge < -0.3 is 15.7 Å². The van der Waals surface area contributed by atoms with Crippen LogP contribution in [0.2, 0.25) is 0 Å². The fourth-order valence-electron chi connectivity index (χ4n) is 3.12. The second-order valence-electron chi connectivity index (χ2n) is 7.98. The first-order valence-corrected chi connectivity index (χ1v) is 11.6. The third kappa shape index (κ3) is 7.92. The van der Waals surface area contributed by atoms with E-state index < -0.39 is 18.1 Å². The van der Waals surface area contributed by atoms with Gasteiger partial charge in [-0.25, -0.2) is 4.98 Å². The van der Waals surface area contributed by atoms with Gasteiger partial charge in [0.1, 0.15) is 6.04 Å². The highest BCUT2D eigenvalue weighted by atomic mass is 32.1. The number of nitrogens with zero attached hydrogens (tertiary/aromatic N) is 1. The molecule has 2 rings (SSSR count). The predicted octanol–water partition coefficient (Wildman–Crippen LogP) is 4.95. The van der Waals surface area contributed by atoms with E-state index in [1.54, 1.807) is 30.5 Å². The Morgan fingerprint density at radius 3 is 2.52 bits per heavy atom. The number of benzene rings is 1. The molecule has 3 N–H and O–H groups in total. The number of thiazole rings is 1. The Hall–Kier alpha value is -2.51. The van der Waals surface area contributed by atoms with Crippen molar-refractivity contribution in [1.82, 2.24) is 10.3 Å². The fourth-order valence-corrected chi connectivity index (χ4v) is 4.03. The number of carbonyl (C=O) groups excluding carboxylic acids is 2. The van der Waals surface area contributed by atoms with E-state index in [1.165, 1.54) is 16.9 Å². The van der Waals surface area contributed by atoms with Crippen LogP contribution in [-0.4, -0.2) is 27.9 Å². The van der Waals surface area contributed by atoms with E-state index in [0.717, 1.165) is 17.7 Å². The van der Waals surface area contributed by atoms with Gasteiger partial charge in [0.2, 0.25) is 5.91 Å². The molecule has 0 aliphatic heterocycles. The van der Waals surface area contributed by atoms with E-state index >= 15 is 0 Å². The lowest BCUT2D eigenvalue weighted by atomic mass is 10.0. The molecule has 6 nitrogen and oxygen atoms in total. The van der Waals surface area contributed by atoms with Crippen LogP contribution in [0.15, 0.2) is 48.2 Å². The maximum Gasteiger partial charge on any atom is 0.254 e. The average molecular weight is 444 g/mol. The molecule has 3 atom stereocenters.